The third kappa shape index (κ3) is 10.9. The van der Waals surface area contributed by atoms with E-state index < -0.39 is 54.0 Å². The van der Waals surface area contributed by atoms with E-state index in [9.17, 15) is 24.0 Å². The fourth-order valence-corrected chi connectivity index (χ4v) is 3.45. The molecule has 0 aromatic heterocycles. The average Bonchev–Trinajstić information content (AvgIpc) is 2.85. The van der Waals surface area contributed by atoms with Crippen LogP contribution in [0.25, 0.3) is 0 Å². The summed E-state index contributed by atoms with van der Waals surface area (Å²) in [7, 11) is 1.19. The first-order valence-electron chi connectivity index (χ1n) is 12.3. The normalized spacial score (nSPS) is 12.3. The largest absolute Gasteiger partial charge is 0.468 e. The van der Waals surface area contributed by atoms with Crippen molar-refractivity contribution in [2.75, 3.05) is 20.2 Å². The molecule has 1 aromatic rings. The van der Waals surface area contributed by atoms with Crippen molar-refractivity contribution >= 4 is 29.8 Å². The molecule has 0 spiro atoms. The van der Waals surface area contributed by atoms with Gasteiger partial charge in [0.2, 0.25) is 17.7 Å². The molecule has 11 heteroatoms. The number of hydrogen-bond acceptors (Lipinski definition) is 7. The summed E-state index contributed by atoms with van der Waals surface area (Å²) in [6.45, 7) is 6.66. The van der Waals surface area contributed by atoms with Crippen LogP contribution >= 0.6 is 0 Å². The second-order valence-corrected chi connectivity index (χ2v) is 9.55. The molecule has 0 aliphatic rings. The first-order valence-corrected chi connectivity index (χ1v) is 12.3. The highest BCUT2D eigenvalue weighted by atomic mass is 16.6. The maximum absolute atomic E-state index is 13.9. The predicted molar refractivity (Wildman–Crippen MR) is 140 cm³/mol. The van der Waals surface area contributed by atoms with Crippen molar-refractivity contribution in [3.05, 3.63) is 35.4 Å². The van der Waals surface area contributed by atoms with Gasteiger partial charge in [0, 0.05) is 18.5 Å². The molecular weight excluding hydrogens is 492 g/mol. The van der Waals surface area contributed by atoms with Crippen LogP contribution in [0.2, 0.25) is 0 Å². The van der Waals surface area contributed by atoms with Gasteiger partial charge in [-0.1, -0.05) is 31.4 Å². The summed E-state index contributed by atoms with van der Waals surface area (Å²) in [4.78, 5) is 64.3. The van der Waals surface area contributed by atoms with Gasteiger partial charge in [0.1, 0.15) is 24.2 Å². The zero-order chi connectivity index (χ0) is 28.9. The number of carbonyl (C=O) groups is 5. The van der Waals surface area contributed by atoms with E-state index >= 15 is 0 Å². The van der Waals surface area contributed by atoms with Crippen molar-refractivity contribution in [1.82, 2.24) is 15.5 Å². The Bertz CT molecular complexity index is 1030. The Kier molecular flexibility index (Phi) is 12.8. The number of rotatable bonds is 13. The van der Waals surface area contributed by atoms with Crippen molar-refractivity contribution in [2.45, 2.75) is 71.1 Å². The second-order valence-electron chi connectivity index (χ2n) is 9.55. The summed E-state index contributed by atoms with van der Waals surface area (Å²) >= 11 is 0. The van der Waals surface area contributed by atoms with Gasteiger partial charge in [-0.05, 0) is 51.3 Å². The van der Waals surface area contributed by atoms with Crippen molar-refractivity contribution < 1.29 is 33.4 Å². The number of nitrogens with two attached hydrogens (primary N) is 1. The highest BCUT2D eigenvalue weighted by molar-refractivity contribution is 5.93. The molecule has 1 rings (SSSR count). The van der Waals surface area contributed by atoms with Crippen LogP contribution in [0.4, 0.5) is 4.79 Å². The minimum Gasteiger partial charge on any atom is -0.468 e. The van der Waals surface area contributed by atoms with Crippen molar-refractivity contribution in [1.29, 1.82) is 0 Å². The SMILES string of the molecule is C#Cc1ccc(C(C(=O)NCC(=O)OC)N(CCCC)C(=O)C(CCC(N)=O)NC(=O)OC(C)(C)C)cc1. The van der Waals surface area contributed by atoms with Crippen LogP contribution in [-0.4, -0.2) is 66.5 Å². The number of terminal acetylenes is 1. The Balaban J connectivity index is 3.50. The lowest BCUT2D eigenvalue weighted by Crippen LogP contribution is -2.53. The van der Waals surface area contributed by atoms with E-state index in [2.05, 4.69) is 21.3 Å². The molecule has 0 saturated carbocycles. The summed E-state index contributed by atoms with van der Waals surface area (Å²) in [5.74, 6) is -0.0959. The van der Waals surface area contributed by atoms with Gasteiger partial charge in [0.15, 0.2) is 0 Å². The molecule has 0 aliphatic heterocycles. The number of methoxy groups -OCH3 is 1. The van der Waals surface area contributed by atoms with E-state index in [-0.39, 0.29) is 19.4 Å². The van der Waals surface area contributed by atoms with E-state index in [1.54, 1.807) is 45.0 Å². The highest BCUT2D eigenvalue weighted by Crippen LogP contribution is 2.24. The van der Waals surface area contributed by atoms with Gasteiger partial charge in [-0.15, -0.1) is 6.42 Å². The van der Waals surface area contributed by atoms with Gasteiger partial charge in [0.25, 0.3) is 0 Å². The number of esters is 1. The van der Waals surface area contributed by atoms with Crippen LogP contribution < -0.4 is 16.4 Å². The van der Waals surface area contributed by atoms with Crippen molar-refractivity contribution in [2.24, 2.45) is 5.73 Å². The number of benzene rings is 1. The second kappa shape index (κ2) is 15.2. The number of carbonyl (C=O) groups excluding carboxylic acids is 5. The fourth-order valence-electron chi connectivity index (χ4n) is 3.45. The number of ether oxygens (including phenoxy) is 2. The van der Waals surface area contributed by atoms with E-state index in [1.165, 1.54) is 12.0 Å². The molecule has 2 unspecified atom stereocenters. The Morgan fingerprint density at radius 3 is 2.26 bits per heavy atom. The molecule has 0 aliphatic carbocycles. The van der Waals surface area contributed by atoms with Crippen LogP contribution in [0.3, 0.4) is 0 Å². The van der Waals surface area contributed by atoms with Crippen LogP contribution in [0, 0.1) is 12.3 Å². The molecule has 38 heavy (non-hydrogen) atoms. The van der Waals surface area contributed by atoms with E-state index in [4.69, 9.17) is 16.9 Å². The zero-order valence-electron chi connectivity index (χ0n) is 22.7. The van der Waals surface area contributed by atoms with Gasteiger partial charge in [0.05, 0.1) is 7.11 Å². The minimum absolute atomic E-state index is 0.109. The number of hydrogen-bond donors (Lipinski definition) is 3. The minimum atomic E-state index is -1.21. The molecular formula is C27H38N4O7. The summed E-state index contributed by atoms with van der Waals surface area (Å²) in [5.41, 5.74) is 5.47. The molecule has 0 fully saturated rings. The summed E-state index contributed by atoms with van der Waals surface area (Å²) in [6.07, 6.45) is 5.53. The Morgan fingerprint density at radius 2 is 1.76 bits per heavy atom. The van der Waals surface area contributed by atoms with Gasteiger partial charge in [-0.25, -0.2) is 4.79 Å². The van der Waals surface area contributed by atoms with E-state index in [1.807, 2.05) is 6.92 Å². The van der Waals surface area contributed by atoms with Crippen LogP contribution in [-0.2, 0) is 28.7 Å². The molecule has 0 heterocycles. The summed E-state index contributed by atoms with van der Waals surface area (Å²) in [5, 5.41) is 5.02. The first-order chi connectivity index (χ1) is 17.8. The molecule has 208 valence electrons. The average molecular weight is 531 g/mol. The third-order valence-electron chi connectivity index (χ3n) is 5.29. The molecule has 0 bridgehead atoms. The maximum Gasteiger partial charge on any atom is 0.408 e. The number of primary amides is 1. The number of amides is 4. The van der Waals surface area contributed by atoms with Crippen LogP contribution in [0.5, 0.6) is 0 Å². The molecule has 0 radical (unpaired) electrons. The quantitative estimate of drug-likeness (QED) is 0.259. The number of unbranched alkanes of at least 4 members (excludes halogenated alkanes) is 1. The smallest absolute Gasteiger partial charge is 0.408 e. The molecule has 0 saturated heterocycles. The number of alkyl carbamates (subject to hydrolysis) is 1. The fraction of sp³-hybridized carbons (Fsp3) is 0.519. The van der Waals surface area contributed by atoms with Gasteiger partial charge in [-0.3, -0.25) is 19.2 Å². The van der Waals surface area contributed by atoms with Gasteiger partial charge < -0.3 is 30.7 Å². The molecule has 4 N–H and O–H groups in total. The summed E-state index contributed by atoms with van der Waals surface area (Å²) < 4.78 is 9.90. The number of nitrogens with zero attached hydrogens (tertiary/aromatic N) is 1. The van der Waals surface area contributed by atoms with Gasteiger partial charge >= 0.3 is 12.1 Å². The lowest BCUT2D eigenvalue weighted by molar-refractivity contribution is -0.145. The maximum atomic E-state index is 13.9. The molecule has 1 aromatic carbocycles. The predicted octanol–water partition coefficient (Wildman–Crippen LogP) is 1.79. The topological polar surface area (TPSA) is 157 Å². The zero-order valence-corrected chi connectivity index (χ0v) is 22.7. The highest BCUT2D eigenvalue weighted by Gasteiger charge is 2.36. The monoisotopic (exact) mass is 530 g/mol. The molecule has 4 amide bonds. The first kappa shape index (κ1) is 32.0. The molecule has 11 nitrogen and oxygen atoms in total. The van der Waals surface area contributed by atoms with Crippen molar-refractivity contribution in [3.63, 3.8) is 0 Å². The van der Waals surface area contributed by atoms with E-state index in [0.29, 0.717) is 24.0 Å². The third-order valence-corrected chi connectivity index (χ3v) is 5.29. The summed E-state index contributed by atoms with van der Waals surface area (Å²) in [6, 6.07) is 4.09. The number of nitrogens with one attached hydrogen (secondary N) is 2. The van der Waals surface area contributed by atoms with Crippen LogP contribution in [0.15, 0.2) is 24.3 Å². The van der Waals surface area contributed by atoms with Gasteiger partial charge in [-0.2, -0.15) is 0 Å². The lowest BCUT2D eigenvalue weighted by Gasteiger charge is -2.34. The lowest BCUT2D eigenvalue weighted by atomic mass is 10.00. The standard InChI is InChI=1S/C27H38N4O7/c1-7-9-16-31(25(35)20(14-15-21(28)32)30-26(36)38-27(3,4)5)23(24(34)29-17-22(33)37-6)19-12-10-18(8-2)11-13-19/h2,10-13,20,23H,7,9,14-17H2,1,3-6H3,(H2,28,32)(H,29,34)(H,30,36). The molecule has 2 atom stereocenters. The van der Waals surface area contributed by atoms with Crippen LogP contribution in [0.1, 0.15) is 70.5 Å². The van der Waals surface area contributed by atoms with Crippen molar-refractivity contribution in [3.8, 4) is 12.3 Å². The Labute approximate surface area is 223 Å². The van der Waals surface area contributed by atoms with E-state index in [0.717, 1.165) is 0 Å². The Hall–Kier alpha value is -4.07. The Morgan fingerprint density at radius 1 is 1.13 bits per heavy atom.